The summed E-state index contributed by atoms with van der Waals surface area (Å²) in [4.78, 5) is 10.9. The molecule has 0 spiro atoms. The third kappa shape index (κ3) is 2.76. The van der Waals surface area contributed by atoms with Crippen molar-refractivity contribution < 1.29 is 4.92 Å². The number of halogens is 1. The second-order valence-electron chi connectivity index (χ2n) is 5.81. The Hall–Kier alpha value is -1.95. The van der Waals surface area contributed by atoms with E-state index in [9.17, 15) is 10.1 Å². The summed E-state index contributed by atoms with van der Waals surface area (Å²) in [6.07, 6.45) is 0. The number of aromatic nitrogens is 3. The molecule has 2 rings (SSSR count). The van der Waals surface area contributed by atoms with Gasteiger partial charge in [0.15, 0.2) is 5.82 Å². The van der Waals surface area contributed by atoms with Gasteiger partial charge in [-0.05, 0) is 33.3 Å². The third-order valence-electron chi connectivity index (χ3n) is 3.19. The zero-order chi connectivity index (χ0) is 15.8. The Morgan fingerprint density at radius 3 is 2.52 bits per heavy atom. The summed E-state index contributed by atoms with van der Waals surface area (Å²) in [7, 11) is 0. The lowest BCUT2D eigenvalue weighted by Gasteiger charge is -2.24. The van der Waals surface area contributed by atoms with E-state index in [0.717, 1.165) is 5.56 Å². The zero-order valence-corrected chi connectivity index (χ0v) is 13.2. The normalized spacial score (nSPS) is 11.7. The Morgan fingerprint density at radius 1 is 1.33 bits per heavy atom. The van der Waals surface area contributed by atoms with Crippen LogP contribution in [0, 0.1) is 17.0 Å². The van der Waals surface area contributed by atoms with Gasteiger partial charge in [-0.15, -0.1) is 21.8 Å². The topological polar surface area (TPSA) is 73.8 Å². The van der Waals surface area contributed by atoms with Crippen molar-refractivity contribution in [2.45, 2.75) is 39.1 Å². The maximum atomic E-state index is 11.3. The van der Waals surface area contributed by atoms with Crippen LogP contribution < -0.4 is 0 Å². The Bertz CT molecular complexity index is 689. The standard InChI is InChI=1S/C14H17ClN4O2/c1-9-6-5-7-10(19(20)21)12(9)13-17-16-11(8-15)18(13)14(2,3)4/h5-7H,8H2,1-4H3. The first-order valence-corrected chi connectivity index (χ1v) is 7.06. The predicted octanol–water partition coefficient (Wildman–Crippen LogP) is 3.66. The molecule has 1 heterocycles. The molecule has 0 bridgehead atoms. The van der Waals surface area contributed by atoms with E-state index in [0.29, 0.717) is 17.2 Å². The first-order valence-electron chi connectivity index (χ1n) is 6.52. The van der Waals surface area contributed by atoms with Crippen LogP contribution in [0.1, 0.15) is 32.2 Å². The molecule has 21 heavy (non-hydrogen) atoms. The maximum Gasteiger partial charge on any atom is 0.280 e. The van der Waals surface area contributed by atoms with Crippen LogP contribution in [-0.4, -0.2) is 19.7 Å². The van der Waals surface area contributed by atoms with Crippen LogP contribution in [0.2, 0.25) is 0 Å². The Morgan fingerprint density at radius 2 is 2.00 bits per heavy atom. The number of hydrogen-bond acceptors (Lipinski definition) is 4. The highest BCUT2D eigenvalue weighted by atomic mass is 35.5. The van der Waals surface area contributed by atoms with Crippen LogP contribution in [-0.2, 0) is 11.4 Å². The summed E-state index contributed by atoms with van der Waals surface area (Å²) in [6.45, 7) is 7.78. The van der Waals surface area contributed by atoms with E-state index in [1.165, 1.54) is 6.07 Å². The number of nitro benzene ring substituents is 1. The molecule has 1 aromatic carbocycles. The molecule has 0 N–H and O–H groups in total. The van der Waals surface area contributed by atoms with Gasteiger partial charge in [0.25, 0.3) is 5.69 Å². The van der Waals surface area contributed by atoms with Crippen molar-refractivity contribution >= 4 is 17.3 Å². The fourth-order valence-corrected chi connectivity index (χ4v) is 2.54. The molecule has 0 aliphatic rings. The summed E-state index contributed by atoms with van der Waals surface area (Å²) in [5.74, 6) is 1.27. The van der Waals surface area contributed by atoms with Crippen LogP contribution in [0.15, 0.2) is 18.2 Å². The lowest BCUT2D eigenvalue weighted by Crippen LogP contribution is -2.25. The van der Waals surface area contributed by atoms with Crippen molar-refractivity contribution in [3.63, 3.8) is 0 Å². The van der Waals surface area contributed by atoms with Gasteiger partial charge in [-0.25, -0.2) is 0 Å². The Labute approximate surface area is 127 Å². The fourth-order valence-electron chi connectivity index (χ4n) is 2.37. The van der Waals surface area contributed by atoms with E-state index < -0.39 is 4.92 Å². The number of benzene rings is 1. The van der Waals surface area contributed by atoms with Gasteiger partial charge >= 0.3 is 0 Å². The molecule has 2 aromatic rings. The summed E-state index contributed by atoms with van der Waals surface area (Å²) in [5, 5.41) is 19.5. The molecular formula is C14H17ClN4O2. The average molecular weight is 309 g/mol. The molecular weight excluding hydrogens is 292 g/mol. The third-order valence-corrected chi connectivity index (χ3v) is 3.43. The molecule has 0 fully saturated rings. The molecule has 0 amide bonds. The largest absolute Gasteiger partial charge is 0.304 e. The molecule has 6 nitrogen and oxygen atoms in total. The van der Waals surface area contributed by atoms with Gasteiger partial charge in [0.05, 0.1) is 16.4 Å². The van der Waals surface area contributed by atoms with Gasteiger partial charge in [0.1, 0.15) is 5.82 Å². The van der Waals surface area contributed by atoms with Crippen molar-refractivity contribution in [2.24, 2.45) is 0 Å². The first-order chi connectivity index (χ1) is 9.77. The first kappa shape index (κ1) is 15.4. The lowest BCUT2D eigenvalue weighted by molar-refractivity contribution is -0.384. The summed E-state index contributed by atoms with van der Waals surface area (Å²) < 4.78 is 1.86. The van der Waals surface area contributed by atoms with Crippen molar-refractivity contribution in [2.75, 3.05) is 0 Å². The Kier molecular flexibility index (Phi) is 4.00. The molecule has 0 saturated carbocycles. The number of alkyl halides is 1. The van der Waals surface area contributed by atoms with Gasteiger partial charge in [-0.3, -0.25) is 10.1 Å². The molecule has 0 saturated heterocycles. The van der Waals surface area contributed by atoms with E-state index in [1.54, 1.807) is 6.07 Å². The highest BCUT2D eigenvalue weighted by Crippen LogP contribution is 2.35. The molecule has 0 aliphatic carbocycles. The van der Waals surface area contributed by atoms with Crippen molar-refractivity contribution in [1.82, 2.24) is 14.8 Å². The van der Waals surface area contributed by atoms with Crippen LogP contribution in [0.25, 0.3) is 11.4 Å². The highest BCUT2D eigenvalue weighted by Gasteiger charge is 2.28. The molecule has 0 radical (unpaired) electrons. The monoisotopic (exact) mass is 308 g/mol. The maximum absolute atomic E-state index is 11.3. The van der Waals surface area contributed by atoms with Crippen LogP contribution in [0.3, 0.4) is 0 Å². The molecule has 0 aliphatic heterocycles. The lowest BCUT2D eigenvalue weighted by atomic mass is 10.0. The summed E-state index contributed by atoms with van der Waals surface area (Å²) in [5.41, 5.74) is 0.956. The van der Waals surface area contributed by atoms with Gasteiger partial charge in [-0.2, -0.15) is 0 Å². The van der Waals surface area contributed by atoms with Crippen molar-refractivity contribution in [3.8, 4) is 11.4 Å². The van der Waals surface area contributed by atoms with E-state index in [2.05, 4.69) is 10.2 Å². The van der Waals surface area contributed by atoms with Gasteiger partial charge < -0.3 is 4.57 Å². The van der Waals surface area contributed by atoms with Crippen molar-refractivity contribution in [3.05, 3.63) is 39.7 Å². The van der Waals surface area contributed by atoms with Crippen LogP contribution in [0.5, 0.6) is 0 Å². The van der Waals surface area contributed by atoms with Gasteiger partial charge in [0, 0.05) is 11.6 Å². The fraction of sp³-hybridized carbons (Fsp3) is 0.429. The van der Waals surface area contributed by atoms with Gasteiger partial charge in [0.2, 0.25) is 0 Å². The minimum absolute atomic E-state index is 0.0222. The van der Waals surface area contributed by atoms with E-state index in [4.69, 9.17) is 11.6 Å². The Balaban J connectivity index is 2.80. The minimum Gasteiger partial charge on any atom is -0.304 e. The number of aryl methyl sites for hydroxylation is 1. The zero-order valence-electron chi connectivity index (χ0n) is 12.4. The molecule has 1 aromatic heterocycles. The summed E-state index contributed by atoms with van der Waals surface area (Å²) in [6, 6.07) is 4.96. The molecule has 0 unspecified atom stereocenters. The second kappa shape index (κ2) is 5.44. The SMILES string of the molecule is Cc1cccc([N+](=O)[O-])c1-c1nnc(CCl)n1C(C)(C)C. The smallest absolute Gasteiger partial charge is 0.280 e. The molecule has 112 valence electrons. The molecule has 7 heteroatoms. The second-order valence-corrected chi connectivity index (χ2v) is 6.07. The van der Waals surface area contributed by atoms with Crippen molar-refractivity contribution in [1.29, 1.82) is 0 Å². The predicted molar refractivity (Wildman–Crippen MR) is 81.4 cm³/mol. The van der Waals surface area contributed by atoms with E-state index in [1.807, 2.05) is 38.3 Å². The number of rotatable bonds is 3. The van der Waals surface area contributed by atoms with Crippen LogP contribution >= 0.6 is 11.6 Å². The number of nitrogens with zero attached hydrogens (tertiary/aromatic N) is 4. The number of nitro groups is 1. The van der Waals surface area contributed by atoms with E-state index >= 15 is 0 Å². The molecule has 0 atom stereocenters. The number of hydrogen-bond donors (Lipinski definition) is 0. The quantitative estimate of drug-likeness (QED) is 0.493. The summed E-state index contributed by atoms with van der Waals surface area (Å²) >= 11 is 5.92. The average Bonchev–Trinajstić information content (AvgIpc) is 2.81. The highest BCUT2D eigenvalue weighted by molar-refractivity contribution is 6.16. The van der Waals surface area contributed by atoms with Gasteiger partial charge in [-0.1, -0.05) is 12.1 Å². The van der Waals surface area contributed by atoms with Crippen LogP contribution in [0.4, 0.5) is 5.69 Å². The van der Waals surface area contributed by atoms with E-state index in [-0.39, 0.29) is 17.1 Å². The minimum atomic E-state index is -0.398.